The second-order valence-corrected chi connectivity index (χ2v) is 8.06. The Morgan fingerprint density at radius 1 is 1.17 bits per heavy atom. The fourth-order valence-electron chi connectivity index (χ4n) is 3.68. The number of aromatic nitrogens is 5. The molecule has 1 fully saturated rings. The van der Waals surface area contributed by atoms with Crippen LogP contribution in [0.25, 0.3) is 0 Å². The summed E-state index contributed by atoms with van der Waals surface area (Å²) in [4.78, 5) is 6.70. The number of rotatable bonds is 5. The number of likely N-dealkylation sites (tertiary alicyclic amines) is 1. The largest absolute Gasteiger partial charge is 0.330 e. The van der Waals surface area contributed by atoms with E-state index in [0.717, 1.165) is 32.0 Å². The molecule has 0 aliphatic carbocycles. The normalized spacial score (nSPS) is 17.5. The van der Waals surface area contributed by atoms with Crippen molar-refractivity contribution in [1.29, 1.82) is 0 Å². The summed E-state index contributed by atoms with van der Waals surface area (Å²) in [7, 11) is 0. The summed E-state index contributed by atoms with van der Waals surface area (Å²) in [5.74, 6) is 2.73. The molecule has 0 aromatic carbocycles. The van der Waals surface area contributed by atoms with Crippen molar-refractivity contribution in [3.8, 4) is 0 Å². The van der Waals surface area contributed by atoms with Crippen molar-refractivity contribution >= 4 is 0 Å². The van der Waals surface area contributed by atoms with E-state index < -0.39 is 0 Å². The third-order valence-electron chi connectivity index (χ3n) is 4.71. The van der Waals surface area contributed by atoms with Gasteiger partial charge in [0.15, 0.2) is 5.82 Å². The van der Waals surface area contributed by atoms with Gasteiger partial charge in [-0.1, -0.05) is 20.8 Å². The minimum Gasteiger partial charge on any atom is -0.330 e. The topological polar surface area (TPSA) is 51.8 Å². The van der Waals surface area contributed by atoms with Crippen molar-refractivity contribution in [1.82, 2.24) is 29.2 Å². The van der Waals surface area contributed by atoms with Gasteiger partial charge in [0.2, 0.25) is 0 Å². The van der Waals surface area contributed by atoms with Gasteiger partial charge in [-0.05, 0) is 38.3 Å². The first-order valence-electron chi connectivity index (χ1n) is 9.06. The van der Waals surface area contributed by atoms with Crippen LogP contribution in [0.2, 0.25) is 0 Å². The Balaban J connectivity index is 1.66. The molecule has 1 saturated heterocycles. The van der Waals surface area contributed by atoms with E-state index in [-0.39, 0.29) is 0 Å². The SMILES string of the molecule is CCn1c(Cn2ccnc2)nnc1C1CCN(CC(C)(C)C)CC1. The molecule has 2 aromatic heterocycles. The minimum atomic E-state index is 0.369. The molecular formula is C18H30N6. The quantitative estimate of drug-likeness (QED) is 0.846. The lowest BCUT2D eigenvalue weighted by molar-refractivity contribution is 0.151. The molecule has 132 valence electrons. The van der Waals surface area contributed by atoms with E-state index in [0.29, 0.717) is 11.3 Å². The predicted octanol–water partition coefficient (Wildman–Crippen LogP) is 2.77. The van der Waals surface area contributed by atoms with Crippen LogP contribution in [0.3, 0.4) is 0 Å². The van der Waals surface area contributed by atoms with E-state index in [1.807, 2.05) is 17.1 Å². The smallest absolute Gasteiger partial charge is 0.153 e. The van der Waals surface area contributed by atoms with Crippen molar-refractivity contribution in [2.24, 2.45) is 5.41 Å². The van der Waals surface area contributed by atoms with Gasteiger partial charge in [0, 0.05) is 31.4 Å². The summed E-state index contributed by atoms with van der Waals surface area (Å²) >= 11 is 0. The summed E-state index contributed by atoms with van der Waals surface area (Å²) in [6.07, 6.45) is 7.97. The van der Waals surface area contributed by atoms with E-state index in [9.17, 15) is 0 Å². The van der Waals surface area contributed by atoms with Crippen molar-refractivity contribution in [2.75, 3.05) is 19.6 Å². The minimum absolute atomic E-state index is 0.369. The summed E-state index contributed by atoms with van der Waals surface area (Å²) in [5.41, 5.74) is 0.369. The standard InChI is InChI=1S/C18H30N6/c1-5-24-16(12-23-11-8-19-14-23)20-21-17(24)15-6-9-22(10-7-15)13-18(2,3)4/h8,11,14-15H,5-7,9-10,12-13H2,1-4H3. The van der Waals surface area contributed by atoms with Crippen molar-refractivity contribution in [3.05, 3.63) is 30.4 Å². The van der Waals surface area contributed by atoms with Gasteiger partial charge in [-0.3, -0.25) is 0 Å². The third kappa shape index (κ3) is 4.04. The lowest BCUT2D eigenvalue weighted by Crippen LogP contribution is -2.39. The number of imidazole rings is 1. The number of hydrogen-bond donors (Lipinski definition) is 0. The number of nitrogens with zero attached hydrogens (tertiary/aromatic N) is 6. The van der Waals surface area contributed by atoms with Crippen LogP contribution in [-0.2, 0) is 13.1 Å². The van der Waals surface area contributed by atoms with E-state index in [4.69, 9.17) is 0 Å². The maximum atomic E-state index is 4.55. The third-order valence-corrected chi connectivity index (χ3v) is 4.71. The average molecular weight is 330 g/mol. The highest BCUT2D eigenvalue weighted by Gasteiger charge is 2.27. The maximum absolute atomic E-state index is 4.55. The molecule has 0 amide bonds. The molecule has 0 saturated carbocycles. The molecule has 0 spiro atoms. The van der Waals surface area contributed by atoms with Crippen LogP contribution in [0, 0.1) is 5.41 Å². The van der Waals surface area contributed by atoms with Gasteiger partial charge < -0.3 is 14.0 Å². The van der Waals surface area contributed by atoms with E-state index in [1.54, 1.807) is 6.20 Å². The molecule has 3 rings (SSSR count). The fraction of sp³-hybridized carbons (Fsp3) is 0.722. The second-order valence-electron chi connectivity index (χ2n) is 8.06. The molecule has 0 atom stereocenters. The highest BCUT2D eigenvalue weighted by molar-refractivity contribution is 5.05. The molecule has 0 radical (unpaired) electrons. The van der Waals surface area contributed by atoms with Gasteiger partial charge >= 0.3 is 0 Å². The van der Waals surface area contributed by atoms with Gasteiger partial charge in [0.1, 0.15) is 5.82 Å². The lowest BCUT2D eigenvalue weighted by atomic mass is 9.91. The van der Waals surface area contributed by atoms with Gasteiger partial charge in [-0.2, -0.15) is 0 Å². The molecule has 3 heterocycles. The second kappa shape index (κ2) is 7.05. The van der Waals surface area contributed by atoms with Crippen LogP contribution in [0.1, 0.15) is 58.1 Å². The monoisotopic (exact) mass is 330 g/mol. The van der Waals surface area contributed by atoms with Crippen LogP contribution in [0.5, 0.6) is 0 Å². The Kier molecular flexibility index (Phi) is 5.04. The van der Waals surface area contributed by atoms with Gasteiger partial charge in [0.25, 0.3) is 0 Å². The number of hydrogen-bond acceptors (Lipinski definition) is 4. The average Bonchev–Trinajstić information content (AvgIpc) is 3.16. The zero-order chi connectivity index (χ0) is 17.2. The first kappa shape index (κ1) is 17.1. The first-order valence-corrected chi connectivity index (χ1v) is 9.06. The predicted molar refractivity (Wildman–Crippen MR) is 94.9 cm³/mol. The van der Waals surface area contributed by atoms with Gasteiger partial charge in [-0.15, -0.1) is 10.2 Å². The zero-order valence-electron chi connectivity index (χ0n) is 15.4. The number of piperidine rings is 1. The first-order chi connectivity index (χ1) is 11.5. The van der Waals surface area contributed by atoms with Crippen LogP contribution < -0.4 is 0 Å². The molecule has 1 aliphatic rings. The maximum Gasteiger partial charge on any atom is 0.153 e. The van der Waals surface area contributed by atoms with Crippen LogP contribution in [-0.4, -0.2) is 48.8 Å². The molecule has 0 bridgehead atoms. The molecule has 0 unspecified atom stereocenters. The molecule has 6 nitrogen and oxygen atoms in total. The van der Waals surface area contributed by atoms with Crippen molar-refractivity contribution in [2.45, 2.75) is 59.5 Å². The zero-order valence-corrected chi connectivity index (χ0v) is 15.4. The van der Waals surface area contributed by atoms with Crippen LogP contribution >= 0.6 is 0 Å². The van der Waals surface area contributed by atoms with Crippen LogP contribution in [0.4, 0.5) is 0 Å². The highest BCUT2D eigenvalue weighted by atomic mass is 15.3. The summed E-state index contributed by atoms with van der Waals surface area (Å²) in [6, 6.07) is 0. The van der Waals surface area contributed by atoms with Crippen LogP contribution in [0.15, 0.2) is 18.7 Å². The molecule has 0 N–H and O–H groups in total. The van der Waals surface area contributed by atoms with Crippen molar-refractivity contribution < 1.29 is 0 Å². The van der Waals surface area contributed by atoms with Gasteiger partial charge in [-0.25, -0.2) is 4.98 Å². The molecule has 2 aromatic rings. The van der Waals surface area contributed by atoms with E-state index >= 15 is 0 Å². The van der Waals surface area contributed by atoms with Gasteiger partial charge in [0.05, 0.1) is 12.9 Å². The molecular weight excluding hydrogens is 300 g/mol. The highest BCUT2D eigenvalue weighted by Crippen LogP contribution is 2.29. The molecule has 1 aliphatic heterocycles. The van der Waals surface area contributed by atoms with E-state index in [1.165, 1.54) is 25.2 Å². The van der Waals surface area contributed by atoms with E-state index in [2.05, 4.69) is 52.3 Å². The summed E-state index contributed by atoms with van der Waals surface area (Å²) in [6.45, 7) is 14.3. The Labute approximate surface area is 144 Å². The van der Waals surface area contributed by atoms with Crippen molar-refractivity contribution in [3.63, 3.8) is 0 Å². The molecule has 6 heteroatoms. The Morgan fingerprint density at radius 2 is 1.92 bits per heavy atom. The molecule has 24 heavy (non-hydrogen) atoms. The Morgan fingerprint density at radius 3 is 2.50 bits per heavy atom. The Bertz CT molecular complexity index is 629. The fourth-order valence-corrected chi connectivity index (χ4v) is 3.68. The lowest BCUT2D eigenvalue weighted by Gasteiger charge is -2.35. The summed E-state index contributed by atoms with van der Waals surface area (Å²) < 4.78 is 4.34. The Hall–Kier alpha value is -1.69. The summed E-state index contributed by atoms with van der Waals surface area (Å²) in [5, 5.41) is 9.02.